The van der Waals surface area contributed by atoms with Gasteiger partial charge in [0.05, 0.1) is 10.6 Å². The smallest absolute Gasteiger partial charge is 0.251 e. The second-order valence-corrected chi connectivity index (χ2v) is 10.9. The second kappa shape index (κ2) is 19.6. The molecule has 12 heteroatoms. The van der Waals surface area contributed by atoms with Crippen molar-refractivity contribution in [3.63, 3.8) is 0 Å². The summed E-state index contributed by atoms with van der Waals surface area (Å²) >= 11 is 7.74. The number of sulfone groups is 1. The number of hydrogen-bond donors (Lipinski definition) is 4. The number of oxazole rings is 1. The number of aliphatic hydroxyl groups excluding tert-OH is 2. The Bertz CT molecular complexity index is 1040. The zero-order valence-corrected chi connectivity index (χ0v) is 22.9. The van der Waals surface area contributed by atoms with Gasteiger partial charge in [-0.15, -0.1) is 0 Å². The summed E-state index contributed by atoms with van der Waals surface area (Å²) in [5.74, 6) is 0.868. The molecule has 1 atom stereocenters. The fraction of sp³-hybridized carbons (Fsp3) is 0.480. The maximum absolute atomic E-state index is 12.0. The molecule has 0 aliphatic heterocycles. The predicted octanol–water partition coefficient (Wildman–Crippen LogP) is 5.30. The number of allylic oxidation sites excluding steroid dienone is 2. The number of aromatic nitrogens is 1. The molecule has 0 bridgehead atoms. The van der Waals surface area contributed by atoms with Crippen LogP contribution in [0, 0.1) is 0 Å². The van der Waals surface area contributed by atoms with Crippen molar-refractivity contribution in [1.29, 1.82) is 0 Å². The molecule has 2 aliphatic rings. The first-order chi connectivity index (χ1) is 16.5. The molecule has 8 N–H and O–H groups in total. The fourth-order valence-electron chi connectivity index (χ4n) is 3.83. The van der Waals surface area contributed by atoms with E-state index in [9.17, 15) is 8.42 Å². The van der Waals surface area contributed by atoms with Crippen LogP contribution in [0.5, 0.6) is 0 Å². The SMILES string of the molecule is C.C1CCCCC1.CS(=O)(=O)c1ccccc1-c1ocnc1C1CC=CCC1.NC(O)=S.NC(O)=S.O. The first kappa shape index (κ1) is 36.6. The molecular formula is C25H41N3O6S3. The van der Waals surface area contributed by atoms with Gasteiger partial charge in [0.15, 0.2) is 22.0 Å². The normalized spacial score (nSPS) is 15.9. The van der Waals surface area contributed by atoms with E-state index in [0.717, 1.165) is 25.0 Å². The maximum atomic E-state index is 12.0. The number of nitrogens with two attached hydrogens (primary N) is 2. The lowest BCUT2D eigenvalue weighted by Crippen LogP contribution is -2.05. The largest absolute Gasteiger partial charge is 0.487 e. The third kappa shape index (κ3) is 15.3. The molecule has 1 fully saturated rings. The van der Waals surface area contributed by atoms with Gasteiger partial charge in [-0.1, -0.05) is 70.2 Å². The van der Waals surface area contributed by atoms with Gasteiger partial charge in [0.1, 0.15) is 0 Å². The van der Waals surface area contributed by atoms with Gasteiger partial charge in [0, 0.05) is 17.7 Å². The molecule has 2 aliphatic carbocycles. The lowest BCUT2D eigenvalue weighted by atomic mass is 9.89. The Morgan fingerprint density at radius 1 is 1.00 bits per heavy atom. The highest BCUT2D eigenvalue weighted by Crippen LogP contribution is 2.37. The molecule has 1 unspecified atom stereocenters. The van der Waals surface area contributed by atoms with Crippen LogP contribution in [0.2, 0.25) is 0 Å². The zero-order chi connectivity index (χ0) is 26.3. The average molecular weight is 576 g/mol. The van der Waals surface area contributed by atoms with E-state index in [4.69, 9.17) is 14.6 Å². The molecule has 1 heterocycles. The van der Waals surface area contributed by atoms with Gasteiger partial charge in [0.2, 0.25) is 0 Å². The van der Waals surface area contributed by atoms with Crippen LogP contribution >= 0.6 is 24.4 Å². The van der Waals surface area contributed by atoms with Crippen molar-refractivity contribution >= 4 is 44.6 Å². The quantitative estimate of drug-likeness (QED) is 0.277. The molecular weight excluding hydrogens is 534 g/mol. The highest BCUT2D eigenvalue weighted by molar-refractivity contribution is 7.90. The first-order valence-corrected chi connectivity index (χ1v) is 14.1. The average Bonchev–Trinajstić information content (AvgIpc) is 3.30. The van der Waals surface area contributed by atoms with E-state index in [1.54, 1.807) is 18.2 Å². The molecule has 1 aromatic carbocycles. The van der Waals surface area contributed by atoms with Crippen molar-refractivity contribution in [2.45, 2.75) is 76.0 Å². The van der Waals surface area contributed by atoms with E-state index < -0.39 is 20.2 Å². The Hall–Kier alpha value is -2.54. The van der Waals surface area contributed by atoms with Gasteiger partial charge in [-0.2, -0.15) is 0 Å². The Balaban J connectivity index is 0. The minimum absolute atomic E-state index is 0. The zero-order valence-electron chi connectivity index (χ0n) is 20.4. The molecule has 210 valence electrons. The summed E-state index contributed by atoms with van der Waals surface area (Å²) in [5, 5.41) is 14.1. The monoisotopic (exact) mass is 575 g/mol. The number of rotatable bonds is 3. The van der Waals surface area contributed by atoms with Crippen LogP contribution in [-0.4, -0.2) is 45.7 Å². The molecule has 0 spiro atoms. The van der Waals surface area contributed by atoms with Crippen LogP contribution in [0.4, 0.5) is 0 Å². The van der Waals surface area contributed by atoms with E-state index >= 15 is 0 Å². The topological polar surface area (TPSA) is 184 Å². The lowest BCUT2D eigenvalue weighted by molar-refractivity contribution is 0.504. The van der Waals surface area contributed by atoms with Gasteiger partial charge in [0.25, 0.3) is 10.3 Å². The number of nitrogens with zero attached hydrogens (tertiary/aromatic N) is 1. The molecule has 0 saturated heterocycles. The molecule has 1 aromatic heterocycles. The highest BCUT2D eigenvalue weighted by atomic mass is 32.2. The van der Waals surface area contributed by atoms with Crippen LogP contribution in [0.3, 0.4) is 0 Å². The van der Waals surface area contributed by atoms with Gasteiger partial charge in [-0.25, -0.2) is 13.4 Å². The van der Waals surface area contributed by atoms with E-state index in [-0.39, 0.29) is 23.7 Å². The number of benzene rings is 1. The summed E-state index contributed by atoms with van der Waals surface area (Å²) in [4.78, 5) is 4.63. The summed E-state index contributed by atoms with van der Waals surface area (Å²) < 4.78 is 29.5. The van der Waals surface area contributed by atoms with Crippen LogP contribution < -0.4 is 11.5 Å². The van der Waals surface area contributed by atoms with Crippen LogP contribution in [0.25, 0.3) is 11.3 Å². The van der Waals surface area contributed by atoms with Crippen LogP contribution in [0.1, 0.15) is 76.8 Å². The highest BCUT2D eigenvalue weighted by Gasteiger charge is 2.24. The van der Waals surface area contributed by atoms with E-state index in [1.807, 2.05) is 6.07 Å². The Labute approximate surface area is 231 Å². The van der Waals surface area contributed by atoms with Crippen molar-refractivity contribution in [3.05, 3.63) is 48.5 Å². The molecule has 9 nitrogen and oxygen atoms in total. The van der Waals surface area contributed by atoms with Gasteiger partial charge in [-0.05, 0) is 55.8 Å². The van der Waals surface area contributed by atoms with E-state index in [1.165, 1.54) is 51.2 Å². The van der Waals surface area contributed by atoms with E-state index in [2.05, 4.69) is 53.0 Å². The number of hydrogen-bond acceptors (Lipinski definition) is 6. The third-order valence-electron chi connectivity index (χ3n) is 5.28. The third-order valence-corrected chi connectivity index (χ3v) is 6.44. The van der Waals surface area contributed by atoms with Crippen molar-refractivity contribution in [3.8, 4) is 11.3 Å². The summed E-state index contributed by atoms with van der Waals surface area (Å²) in [6.07, 6.45) is 18.9. The Morgan fingerprint density at radius 3 is 1.92 bits per heavy atom. The Morgan fingerprint density at radius 2 is 1.49 bits per heavy atom. The molecule has 2 aromatic rings. The number of aliphatic hydroxyl groups is 2. The lowest BCUT2D eigenvalue weighted by Gasteiger charge is -2.17. The van der Waals surface area contributed by atoms with Crippen molar-refractivity contribution in [2.75, 3.05) is 6.26 Å². The minimum Gasteiger partial charge on any atom is -0.487 e. The van der Waals surface area contributed by atoms with Crippen LogP contribution in [0.15, 0.2) is 52.1 Å². The maximum Gasteiger partial charge on any atom is 0.251 e. The fourth-order valence-corrected chi connectivity index (χ4v) is 4.71. The van der Waals surface area contributed by atoms with Crippen LogP contribution in [-0.2, 0) is 9.84 Å². The van der Waals surface area contributed by atoms with Gasteiger partial charge < -0.3 is 31.6 Å². The van der Waals surface area contributed by atoms with Crippen molar-refractivity contribution in [2.24, 2.45) is 11.5 Å². The van der Waals surface area contributed by atoms with Gasteiger partial charge in [-0.3, -0.25) is 0 Å². The second-order valence-electron chi connectivity index (χ2n) is 8.11. The molecule has 0 amide bonds. The molecule has 1 saturated carbocycles. The summed E-state index contributed by atoms with van der Waals surface area (Å²) in [6, 6.07) is 6.92. The van der Waals surface area contributed by atoms with Gasteiger partial charge >= 0.3 is 0 Å². The standard InChI is InChI=1S/C16H17NO3S.C6H12.2CH3NOS.CH4.H2O/c1-21(18,19)14-10-6-5-9-13(14)16-15(17-11-20-16)12-7-3-2-4-8-12;1-2-4-6-5-3-1;2*2-1(3)4;;/h2-3,5-6,9-12H,4,7-8H2,1H3;1-6H2;2*(H3,2,3,4);1H4;1H2. The van der Waals surface area contributed by atoms with Crippen molar-refractivity contribution < 1.29 is 28.5 Å². The molecule has 4 rings (SSSR count). The first-order valence-electron chi connectivity index (χ1n) is 11.4. The summed E-state index contributed by atoms with van der Waals surface area (Å²) in [5.41, 5.74) is 10.3. The van der Waals surface area contributed by atoms with E-state index in [0.29, 0.717) is 11.3 Å². The molecule has 0 radical (unpaired) electrons. The predicted molar refractivity (Wildman–Crippen MR) is 158 cm³/mol. The van der Waals surface area contributed by atoms with Crippen molar-refractivity contribution in [1.82, 2.24) is 4.98 Å². The summed E-state index contributed by atoms with van der Waals surface area (Å²) in [6.45, 7) is 0. The molecule has 37 heavy (non-hydrogen) atoms. The summed E-state index contributed by atoms with van der Waals surface area (Å²) in [7, 11) is -3.31. The Kier molecular flexibility index (Phi) is 19.4. The number of thiocarbonyl (C=S) groups is 2. The minimum atomic E-state index is -3.31.